The molecule has 0 bridgehead atoms. The highest BCUT2D eigenvalue weighted by Crippen LogP contribution is 2.35. The lowest BCUT2D eigenvalue weighted by Crippen LogP contribution is -2.15. The number of thiazole rings is 1. The Balaban J connectivity index is 1.39. The lowest BCUT2D eigenvalue weighted by Gasteiger charge is -2.18. The van der Waals surface area contributed by atoms with Crippen LogP contribution in [-0.4, -0.2) is 35.0 Å². The van der Waals surface area contributed by atoms with Gasteiger partial charge < -0.3 is 19.4 Å². The molecule has 1 N–H and O–H groups in total. The van der Waals surface area contributed by atoms with Crippen molar-refractivity contribution in [2.24, 2.45) is 0 Å². The van der Waals surface area contributed by atoms with Crippen LogP contribution in [0.4, 0.5) is 5.13 Å². The average molecular weight is 383 g/mol. The monoisotopic (exact) mass is 383 g/mol. The molecule has 7 nitrogen and oxygen atoms in total. The number of hydrogen-bond donors (Lipinski definition) is 1. The van der Waals surface area contributed by atoms with E-state index >= 15 is 0 Å². The lowest BCUT2D eigenvalue weighted by molar-refractivity contribution is -0.116. The van der Waals surface area contributed by atoms with Crippen LogP contribution in [-0.2, 0) is 11.3 Å². The quantitative estimate of drug-likeness (QED) is 0.661. The van der Waals surface area contributed by atoms with E-state index in [1.165, 1.54) is 11.3 Å². The molecule has 0 saturated heterocycles. The summed E-state index contributed by atoms with van der Waals surface area (Å²) in [7, 11) is 0. The van der Waals surface area contributed by atoms with Crippen molar-refractivity contribution in [2.75, 3.05) is 18.5 Å². The van der Waals surface area contributed by atoms with Gasteiger partial charge in [0, 0.05) is 30.1 Å². The van der Waals surface area contributed by atoms with Gasteiger partial charge in [-0.15, -0.1) is 11.3 Å². The summed E-state index contributed by atoms with van der Waals surface area (Å²) in [6.07, 6.45) is 2.81. The van der Waals surface area contributed by atoms with E-state index in [2.05, 4.69) is 10.3 Å². The number of hydrogen-bond acceptors (Lipinski definition) is 6. The Morgan fingerprint density at radius 3 is 2.96 bits per heavy atom. The third-order valence-electron chi connectivity index (χ3n) is 4.15. The number of aromatic nitrogens is 2. The van der Waals surface area contributed by atoms with Gasteiger partial charge in [0.1, 0.15) is 13.2 Å². The van der Waals surface area contributed by atoms with Crippen LogP contribution in [0, 0.1) is 0 Å². The second kappa shape index (κ2) is 7.63. The van der Waals surface area contributed by atoms with E-state index in [9.17, 15) is 9.59 Å². The summed E-state index contributed by atoms with van der Waals surface area (Å²) in [5, 5.41) is 5.23. The first-order chi connectivity index (χ1) is 13.2. The molecular formula is C19H17N3O4S. The van der Waals surface area contributed by atoms with E-state index in [1.54, 1.807) is 22.9 Å². The zero-order valence-electron chi connectivity index (χ0n) is 14.4. The number of aldehydes is 1. The van der Waals surface area contributed by atoms with Crippen molar-refractivity contribution in [1.82, 2.24) is 9.55 Å². The van der Waals surface area contributed by atoms with Gasteiger partial charge in [0.15, 0.2) is 22.9 Å². The Morgan fingerprint density at radius 2 is 2.11 bits per heavy atom. The van der Waals surface area contributed by atoms with Crippen molar-refractivity contribution in [1.29, 1.82) is 0 Å². The van der Waals surface area contributed by atoms with Crippen LogP contribution in [0.25, 0.3) is 11.3 Å². The molecule has 0 spiro atoms. The molecule has 3 heterocycles. The van der Waals surface area contributed by atoms with E-state index in [4.69, 9.17) is 9.47 Å². The first-order valence-electron chi connectivity index (χ1n) is 8.48. The summed E-state index contributed by atoms with van der Waals surface area (Å²) in [6, 6.07) is 9.17. The Hall–Kier alpha value is -3.13. The maximum absolute atomic E-state index is 12.2. The maximum atomic E-state index is 12.2. The highest BCUT2D eigenvalue weighted by molar-refractivity contribution is 7.14. The van der Waals surface area contributed by atoms with Gasteiger partial charge in [-0.25, -0.2) is 4.98 Å². The molecule has 0 aliphatic carbocycles. The van der Waals surface area contributed by atoms with E-state index in [1.807, 2.05) is 23.6 Å². The van der Waals surface area contributed by atoms with Gasteiger partial charge in [0.25, 0.3) is 0 Å². The number of amides is 1. The van der Waals surface area contributed by atoms with Crippen LogP contribution < -0.4 is 14.8 Å². The normalized spacial score (nSPS) is 12.6. The fourth-order valence-corrected chi connectivity index (χ4v) is 3.54. The molecule has 1 aliphatic rings. The molecule has 0 fully saturated rings. The number of ether oxygens (including phenoxy) is 2. The van der Waals surface area contributed by atoms with Gasteiger partial charge in [-0.05, 0) is 30.3 Å². The van der Waals surface area contributed by atoms with Crippen LogP contribution in [0.15, 0.2) is 41.9 Å². The second-order valence-corrected chi connectivity index (χ2v) is 6.80. The van der Waals surface area contributed by atoms with Gasteiger partial charge in [-0.1, -0.05) is 0 Å². The van der Waals surface area contributed by atoms with Crippen molar-refractivity contribution in [3.05, 3.63) is 47.6 Å². The molecular weight excluding hydrogens is 366 g/mol. The van der Waals surface area contributed by atoms with Crippen LogP contribution in [0.3, 0.4) is 0 Å². The van der Waals surface area contributed by atoms with Crippen molar-refractivity contribution < 1.29 is 19.1 Å². The third kappa shape index (κ3) is 3.85. The summed E-state index contributed by atoms with van der Waals surface area (Å²) in [5.41, 5.74) is 2.22. The van der Waals surface area contributed by atoms with Gasteiger partial charge in [0.05, 0.1) is 11.4 Å². The summed E-state index contributed by atoms with van der Waals surface area (Å²) < 4.78 is 12.9. The topological polar surface area (TPSA) is 82.5 Å². The molecule has 0 saturated carbocycles. The lowest BCUT2D eigenvalue weighted by atomic mass is 10.1. The van der Waals surface area contributed by atoms with Crippen molar-refractivity contribution in [3.63, 3.8) is 0 Å². The number of aryl methyl sites for hydroxylation is 1. The Morgan fingerprint density at radius 1 is 1.26 bits per heavy atom. The summed E-state index contributed by atoms with van der Waals surface area (Å²) in [4.78, 5) is 27.5. The van der Waals surface area contributed by atoms with Gasteiger partial charge in [-0.3, -0.25) is 9.59 Å². The minimum absolute atomic E-state index is 0.149. The average Bonchev–Trinajstić information content (AvgIpc) is 3.35. The Bertz CT molecular complexity index is 979. The predicted molar refractivity (Wildman–Crippen MR) is 102 cm³/mol. The van der Waals surface area contributed by atoms with Crippen LogP contribution in [0.5, 0.6) is 11.5 Å². The molecule has 1 amide bonds. The predicted octanol–water partition coefficient (Wildman–Crippen LogP) is 3.22. The van der Waals surface area contributed by atoms with Crippen LogP contribution >= 0.6 is 11.3 Å². The minimum atomic E-state index is -0.149. The third-order valence-corrected chi connectivity index (χ3v) is 4.91. The number of nitrogens with one attached hydrogen (secondary N) is 1. The fourth-order valence-electron chi connectivity index (χ4n) is 2.81. The summed E-state index contributed by atoms with van der Waals surface area (Å²) >= 11 is 1.36. The van der Waals surface area contributed by atoms with Crippen LogP contribution in [0.1, 0.15) is 16.9 Å². The molecule has 8 heteroatoms. The fraction of sp³-hybridized carbons (Fsp3) is 0.211. The SMILES string of the molecule is O=Cc1cccn1CCC(=O)Nc1nc(-c2ccc3c(c2)OCCO3)cs1. The van der Waals surface area contributed by atoms with Crippen molar-refractivity contribution >= 4 is 28.7 Å². The first-order valence-corrected chi connectivity index (χ1v) is 9.36. The van der Waals surface area contributed by atoms with Crippen LogP contribution in [0.2, 0.25) is 0 Å². The smallest absolute Gasteiger partial charge is 0.227 e. The number of rotatable bonds is 6. The molecule has 138 valence electrons. The summed E-state index contributed by atoms with van der Waals surface area (Å²) in [5.74, 6) is 1.28. The highest BCUT2D eigenvalue weighted by Gasteiger charge is 2.14. The van der Waals surface area contributed by atoms with Crippen molar-refractivity contribution in [3.8, 4) is 22.8 Å². The van der Waals surface area contributed by atoms with E-state index in [-0.39, 0.29) is 12.3 Å². The van der Waals surface area contributed by atoms with Gasteiger partial charge in [-0.2, -0.15) is 0 Å². The molecule has 0 atom stereocenters. The molecule has 1 aromatic carbocycles. The molecule has 1 aliphatic heterocycles. The number of anilines is 1. The maximum Gasteiger partial charge on any atom is 0.227 e. The zero-order valence-corrected chi connectivity index (χ0v) is 15.2. The number of carbonyl (C=O) groups is 2. The Kier molecular flexibility index (Phi) is 4.88. The number of fused-ring (bicyclic) bond motifs is 1. The molecule has 4 rings (SSSR count). The first kappa shape index (κ1) is 17.3. The van der Waals surface area contributed by atoms with E-state index in [0.29, 0.717) is 36.3 Å². The largest absolute Gasteiger partial charge is 0.486 e. The van der Waals surface area contributed by atoms with E-state index in [0.717, 1.165) is 23.3 Å². The standard InChI is InChI=1S/C19H17N3O4S/c23-11-14-2-1-6-22(14)7-5-18(24)21-19-20-15(12-27-19)13-3-4-16-17(10-13)26-9-8-25-16/h1-4,6,10-12H,5,7-9H2,(H,20,21,24). The zero-order chi connectivity index (χ0) is 18.6. The van der Waals surface area contributed by atoms with E-state index < -0.39 is 0 Å². The minimum Gasteiger partial charge on any atom is -0.486 e. The molecule has 2 aromatic heterocycles. The molecule has 0 unspecified atom stereocenters. The number of carbonyl (C=O) groups excluding carboxylic acids is 2. The second-order valence-electron chi connectivity index (χ2n) is 5.94. The number of benzene rings is 1. The molecule has 0 radical (unpaired) electrons. The molecule has 3 aromatic rings. The Labute approximate surface area is 159 Å². The highest BCUT2D eigenvalue weighted by atomic mass is 32.1. The van der Waals surface area contributed by atoms with Gasteiger partial charge >= 0.3 is 0 Å². The molecule has 27 heavy (non-hydrogen) atoms. The number of nitrogens with zero attached hydrogens (tertiary/aromatic N) is 2. The summed E-state index contributed by atoms with van der Waals surface area (Å²) in [6.45, 7) is 1.52. The van der Waals surface area contributed by atoms with Gasteiger partial charge in [0.2, 0.25) is 5.91 Å². The van der Waals surface area contributed by atoms with Crippen molar-refractivity contribution in [2.45, 2.75) is 13.0 Å².